The summed E-state index contributed by atoms with van der Waals surface area (Å²) < 4.78 is 1.59. The standard InChI is InChI=1S/C23H19N9O/c1-14-7-16(10-27-21(14)17-3-4-24-15(2)8-17)11-28-23-31-30-20-9-18(12-29-32(20)23)22-19(13-33)25-5-6-26-22/h3-10,12-13H,11H2,1-2H3,(H,28,31). The number of nitrogens with zero attached hydrogens (tertiary/aromatic N) is 8. The molecule has 0 fully saturated rings. The van der Waals surface area contributed by atoms with Crippen LogP contribution in [0.15, 0.2) is 55.2 Å². The first-order valence-electron chi connectivity index (χ1n) is 10.2. The molecular formula is C23H19N9O. The molecule has 162 valence electrons. The Morgan fingerprint density at radius 2 is 1.79 bits per heavy atom. The lowest BCUT2D eigenvalue weighted by molar-refractivity contribution is 0.111. The number of rotatable bonds is 6. The van der Waals surface area contributed by atoms with Gasteiger partial charge < -0.3 is 5.32 Å². The molecule has 0 atom stereocenters. The van der Waals surface area contributed by atoms with E-state index < -0.39 is 0 Å². The second kappa shape index (κ2) is 8.50. The molecule has 10 heteroatoms. The summed E-state index contributed by atoms with van der Waals surface area (Å²) in [6, 6.07) is 7.84. The molecule has 0 saturated heterocycles. The molecule has 0 aromatic carbocycles. The quantitative estimate of drug-likeness (QED) is 0.399. The van der Waals surface area contributed by atoms with Gasteiger partial charge in [-0.1, -0.05) is 6.07 Å². The summed E-state index contributed by atoms with van der Waals surface area (Å²) in [5.41, 5.74) is 6.87. The molecule has 5 aromatic heterocycles. The van der Waals surface area contributed by atoms with Crippen LogP contribution in [0.3, 0.4) is 0 Å². The third-order valence-corrected chi connectivity index (χ3v) is 5.13. The van der Waals surface area contributed by atoms with Gasteiger partial charge in [0.15, 0.2) is 11.9 Å². The van der Waals surface area contributed by atoms with Crippen LogP contribution in [0.5, 0.6) is 0 Å². The summed E-state index contributed by atoms with van der Waals surface area (Å²) in [5.74, 6) is 0.498. The topological polar surface area (TPSA) is 124 Å². The third kappa shape index (κ3) is 4.01. The summed E-state index contributed by atoms with van der Waals surface area (Å²) in [4.78, 5) is 28.4. The predicted molar refractivity (Wildman–Crippen MR) is 121 cm³/mol. The van der Waals surface area contributed by atoms with Gasteiger partial charge in [0.2, 0.25) is 5.95 Å². The van der Waals surface area contributed by atoms with Gasteiger partial charge in [-0.15, -0.1) is 10.2 Å². The Hall–Kier alpha value is -4.60. The van der Waals surface area contributed by atoms with Crippen LogP contribution < -0.4 is 5.32 Å². The van der Waals surface area contributed by atoms with Crippen molar-refractivity contribution in [2.45, 2.75) is 20.4 Å². The fourth-order valence-electron chi connectivity index (χ4n) is 3.59. The molecule has 5 rings (SSSR count). The van der Waals surface area contributed by atoms with E-state index in [1.54, 1.807) is 23.0 Å². The van der Waals surface area contributed by atoms with Gasteiger partial charge in [-0.05, 0) is 43.2 Å². The van der Waals surface area contributed by atoms with Crippen LogP contribution in [-0.4, -0.2) is 46.0 Å². The van der Waals surface area contributed by atoms with Crippen LogP contribution in [0.2, 0.25) is 0 Å². The van der Waals surface area contributed by atoms with E-state index in [9.17, 15) is 4.79 Å². The smallest absolute Gasteiger partial charge is 0.246 e. The van der Waals surface area contributed by atoms with E-state index in [1.165, 1.54) is 12.4 Å². The van der Waals surface area contributed by atoms with E-state index in [2.05, 4.69) is 46.6 Å². The van der Waals surface area contributed by atoms with Gasteiger partial charge in [-0.3, -0.25) is 19.7 Å². The van der Waals surface area contributed by atoms with Crippen molar-refractivity contribution in [3.8, 4) is 22.5 Å². The molecule has 33 heavy (non-hydrogen) atoms. The van der Waals surface area contributed by atoms with Crippen molar-refractivity contribution >= 4 is 17.9 Å². The highest BCUT2D eigenvalue weighted by atomic mass is 16.1. The largest absolute Gasteiger partial charge is 0.349 e. The van der Waals surface area contributed by atoms with Crippen molar-refractivity contribution in [3.63, 3.8) is 0 Å². The van der Waals surface area contributed by atoms with E-state index in [0.29, 0.717) is 35.7 Å². The molecule has 5 heterocycles. The predicted octanol–water partition coefficient (Wildman–Crippen LogP) is 3.08. The Labute approximate surface area is 188 Å². The third-order valence-electron chi connectivity index (χ3n) is 5.13. The van der Waals surface area contributed by atoms with Crippen LogP contribution in [0.1, 0.15) is 27.3 Å². The second-order valence-electron chi connectivity index (χ2n) is 7.49. The second-order valence-corrected chi connectivity index (χ2v) is 7.49. The number of aryl methyl sites for hydroxylation is 2. The van der Waals surface area contributed by atoms with E-state index in [1.807, 2.05) is 32.2 Å². The first-order valence-corrected chi connectivity index (χ1v) is 10.2. The van der Waals surface area contributed by atoms with Crippen molar-refractivity contribution in [2.75, 3.05) is 5.32 Å². The zero-order chi connectivity index (χ0) is 22.8. The highest BCUT2D eigenvalue weighted by molar-refractivity contribution is 5.83. The first-order chi connectivity index (χ1) is 16.1. The molecule has 0 bridgehead atoms. The summed E-state index contributed by atoms with van der Waals surface area (Å²) in [7, 11) is 0. The number of fused-ring (bicyclic) bond motifs is 1. The highest BCUT2D eigenvalue weighted by Crippen LogP contribution is 2.23. The number of carbonyl (C=O) groups excluding carboxylic acids is 1. The number of hydrogen-bond donors (Lipinski definition) is 1. The Morgan fingerprint density at radius 3 is 2.61 bits per heavy atom. The van der Waals surface area contributed by atoms with Gasteiger partial charge in [0.05, 0.1) is 11.9 Å². The molecule has 0 unspecified atom stereocenters. The maximum Gasteiger partial charge on any atom is 0.246 e. The normalized spacial score (nSPS) is 11.0. The average molecular weight is 437 g/mol. The van der Waals surface area contributed by atoms with Gasteiger partial charge in [0, 0.05) is 48.2 Å². The number of aromatic nitrogens is 8. The van der Waals surface area contributed by atoms with E-state index >= 15 is 0 Å². The molecule has 0 aliphatic carbocycles. The van der Waals surface area contributed by atoms with Crippen molar-refractivity contribution in [3.05, 3.63) is 77.8 Å². The lowest BCUT2D eigenvalue weighted by atomic mass is 10.1. The van der Waals surface area contributed by atoms with Crippen molar-refractivity contribution in [1.82, 2.24) is 39.7 Å². The zero-order valence-electron chi connectivity index (χ0n) is 18.0. The summed E-state index contributed by atoms with van der Waals surface area (Å²) in [6.07, 6.45) is 8.91. The van der Waals surface area contributed by atoms with Crippen LogP contribution in [0.4, 0.5) is 5.95 Å². The number of aldehydes is 1. The van der Waals surface area contributed by atoms with Crippen LogP contribution in [0, 0.1) is 13.8 Å². The van der Waals surface area contributed by atoms with Crippen molar-refractivity contribution < 1.29 is 4.79 Å². The minimum atomic E-state index is 0.245. The SMILES string of the molecule is Cc1cc(-c2ncc(CNc3nnc4cc(-c5nccnc5C=O)cnn34)cc2C)ccn1. The molecule has 1 N–H and O–H groups in total. The van der Waals surface area contributed by atoms with Crippen molar-refractivity contribution in [1.29, 1.82) is 0 Å². The molecule has 0 amide bonds. The molecule has 0 aliphatic rings. The van der Waals surface area contributed by atoms with Crippen LogP contribution in [-0.2, 0) is 6.54 Å². The van der Waals surface area contributed by atoms with E-state index in [0.717, 1.165) is 28.1 Å². The molecule has 0 aliphatic heterocycles. The fraction of sp³-hybridized carbons (Fsp3) is 0.130. The number of carbonyl (C=O) groups is 1. The Balaban J connectivity index is 1.36. The summed E-state index contributed by atoms with van der Waals surface area (Å²) >= 11 is 0. The zero-order valence-corrected chi connectivity index (χ0v) is 18.0. The monoisotopic (exact) mass is 437 g/mol. The number of hydrogen-bond acceptors (Lipinski definition) is 9. The average Bonchev–Trinajstić information content (AvgIpc) is 3.25. The van der Waals surface area contributed by atoms with Crippen LogP contribution >= 0.6 is 0 Å². The maximum absolute atomic E-state index is 11.3. The van der Waals surface area contributed by atoms with E-state index in [-0.39, 0.29) is 5.69 Å². The summed E-state index contributed by atoms with van der Waals surface area (Å²) in [6.45, 7) is 4.51. The van der Waals surface area contributed by atoms with Gasteiger partial charge in [-0.2, -0.15) is 9.61 Å². The maximum atomic E-state index is 11.3. The molecular weight excluding hydrogens is 418 g/mol. The number of pyridine rings is 2. The lowest BCUT2D eigenvalue weighted by Gasteiger charge is -2.09. The minimum absolute atomic E-state index is 0.245. The molecule has 0 radical (unpaired) electrons. The Morgan fingerprint density at radius 1 is 0.909 bits per heavy atom. The van der Waals surface area contributed by atoms with E-state index in [4.69, 9.17) is 0 Å². The van der Waals surface area contributed by atoms with Gasteiger partial charge in [0.25, 0.3) is 0 Å². The van der Waals surface area contributed by atoms with Gasteiger partial charge >= 0.3 is 0 Å². The lowest BCUT2D eigenvalue weighted by Crippen LogP contribution is -2.06. The number of anilines is 1. The Bertz CT molecular complexity index is 1480. The van der Waals surface area contributed by atoms with Crippen molar-refractivity contribution in [2.24, 2.45) is 0 Å². The molecule has 10 nitrogen and oxygen atoms in total. The van der Waals surface area contributed by atoms with Crippen LogP contribution in [0.25, 0.3) is 28.2 Å². The first kappa shape index (κ1) is 20.3. The van der Waals surface area contributed by atoms with Gasteiger partial charge in [-0.25, -0.2) is 4.98 Å². The van der Waals surface area contributed by atoms with Gasteiger partial charge in [0.1, 0.15) is 11.4 Å². The highest BCUT2D eigenvalue weighted by Gasteiger charge is 2.12. The molecule has 0 spiro atoms. The Kier molecular flexibility index (Phi) is 5.23. The summed E-state index contributed by atoms with van der Waals surface area (Å²) in [5, 5.41) is 16.0. The molecule has 0 saturated carbocycles. The number of nitrogens with one attached hydrogen (secondary N) is 1. The minimum Gasteiger partial charge on any atom is -0.349 e. The fourth-order valence-corrected chi connectivity index (χ4v) is 3.59. The molecule has 5 aromatic rings.